The van der Waals surface area contributed by atoms with Crippen LogP contribution in [0.1, 0.15) is 39.5 Å². The molecule has 110 valence electrons. The van der Waals surface area contributed by atoms with Gasteiger partial charge in [-0.05, 0) is 25.0 Å². The maximum atomic E-state index is 12.1. The second kappa shape index (κ2) is 7.85. The number of benzene rings is 1. The van der Waals surface area contributed by atoms with E-state index in [-0.39, 0.29) is 28.2 Å². The van der Waals surface area contributed by atoms with E-state index in [2.05, 4.69) is 12.2 Å². The Morgan fingerprint density at radius 2 is 2.15 bits per heavy atom. The molecule has 1 aromatic rings. The molecule has 0 heterocycles. The molecule has 0 aliphatic rings. The average Bonchev–Trinajstić information content (AvgIpc) is 2.41. The van der Waals surface area contributed by atoms with E-state index in [4.69, 9.17) is 11.6 Å². The number of nitrogens with zero attached hydrogens (tertiary/aromatic N) is 1. The quantitative estimate of drug-likeness (QED) is 0.599. The molecule has 1 unspecified atom stereocenters. The Morgan fingerprint density at radius 3 is 2.70 bits per heavy atom. The smallest absolute Gasteiger partial charge is 0.294 e. The van der Waals surface area contributed by atoms with Gasteiger partial charge in [-0.1, -0.05) is 38.3 Å². The van der Waals surface area contributed by atoms with Crippen molar-refractivity contribution in [2.45, 2.75) is 39.5 Å². The topological polar surface area (TPSA) is 72.2 Å². The van der Waals surface area contributed by atoms with Crippen molar-refractivity contribution in [3.05, 3.63) is 33.3 Å². The number of unbranched alkanes of at least 4 members (excludes halogenated alkanes) is 1. The molecule has 0 radical (unpaired) electrons. The number of nitrogens with one attached hydrogen (secondary N) is 1. The minimum absolute atomic E-state index is 0.120. The summed E-state index contributed by atoms with van der Waals surface area (Å²) in [5.41, 5.74) is 0.00976. The Labute approximate surface area is 123 Å². The molecule has 0 aliphatic heterocycles. The molecule has 6 heteroatoms. The maximum absolute atomic E-state index is 12.1. The molecule has 20 heavy (non-hydrogen) atoms. The van der Waals surface area contributed by atoms with Crippen molar-refractivity contribution in [1.29, 1.82) is 0 Å². The second-order valence-electron chi connectivity index (χ2n) is 4.66. The fourth-order valence-corrected chi connectivity index (χ4v) is 2.13. The van der Waals surface area contributed by atoms with E-state index in [1.165, 1.54) is 18.2 Å². The van der Waals surface area contributed by atoms with Crippen molar-refractivity contribution in [1.82, 2.24) is 0 Å². The summed E-state index contributed by atoms with van der Waals surface area (Å²) in [6, 6.07) is 4.23. The Hall–Kier alpha value is -1.62. The van der Waals surface area contributed by atoms with Gasteiger partial charge in [-0.2, -0.15) is 0 Å². The molecule has 1 N–H and O–H groups in total. The van der Waals surface area contributed by atoms with E-state index in [1.807, 2.05) is 6.92 Å². The van der Waals surface area contributed by atoms with Gasteiger partial charge in [0.1, 0.15) is 5.69 Å². The lowest BCUT2D eigenvalue weighted by molar-refractivity contribution is -0.383. The minimum Gasteiger partial charge on any atom is -0.320 e. The molecular formula is C14H19ClN2O3. The van der Waals surface area contributed by atoms with Gasteiger partial charge in [-0.15, -0.1) is 0 Å². The molecule has 0 aliphatic carbocycles. The summed E-state index contributed by atoms with van der Waals surface area (Å²) >= 11 is 5.74. The third-order valence-electron chi connectivity index (χ3n) is 3.18. The van der Waals surface area contributed by atoms with Crippen LogP contribution in [0.4, 0.5) is 11.4 Å². The third kappa shape index (κ3) is 4.49. The van der Waals surface area contributed by atoms with Crippen LogP contribution < -0.4 is 5.32 Å². The van der Waals surface area contributed by atoms with Crippen LogP contribution in [0.3, 0.4) is 0 Å². The lowest BCUT2D eigenvalue weighted by Gasteiger charge is -2.14. The van der Waals surface area contributed by atoms with Gasteiger partial charge in [-0.3, -0.25) is 14.9 Å². The molecule has 0 aromatic heterocycles. The standard InChI is InChI=1S/C14H19ClN2O3/c1-3-5-6-10(4-2)14(18)16-12-8-7-11(15)9-13(12)17(19)20/h7-10H,3-6H2,1-2H3,(H,16,18). The van der Waals surface area contributed by atoms with Gasteiger partial charge in [0, 0.05) is 17.0 Å². The van der Waals surface area contributed by atoms with E-state index < -0.39 is 4.92 Å². The molecule has 0 fully saturated rings. The van der Waals surface area contributed by atoms with Crippen molar-refractivity contribution in [2.24, 2.45) is 5.92 Å². The van der Waals surface area contributed by atoms with Crippen LogP contribution >= 0.6 is 11.6 Å². The molecule has 1 amide bonds. The van der Waals surface area contributed by atoms with Crippen molar-refractivity contribution in [3.8, 4) is 0 Å². The summed E-state index contributed by atoms with van der Waals surface area (Å²) in [4.78, 5) is 22.6. The first kappa shape index (κ1) is 16.4. The van der Waals surface area contributed by atoms with Crippen LogP contribution in [-0.2, 0) is 4.79 Å². The largest absolute Gasteiger partial charge is 0.320 e. The highest BCUT2D eigenvalue weighted by atomic mass is 35.5. The molecule has 1 atom stereocenters. The average molecular weight is 299 g/mol. The predicted molar refractivity (Wildman–Crippen MR) is 80.0 cm³/mol. The van der Waals surface area contributed by atoms with Gasteiger partial charge in [0.05, 0.1) is 4.92 Å². The first-order valence-corrected chi connectivity index (χ1v) is 7.12. The number of nitro groups is 1. The van der Waals surface area contributed by atoms with E-state index in [1.54, 1.807) is 0 Å². The summed E-state index contributed by atoms with van der Waals surface area (Å²) < 4.78 is 0. The fourth-order valence-electron chi connectivity index (χ4n) is 1.97. The van der Waals surface area contributed by atoms with Gasteiger partial charge >= 0.3 is 0 Å². The molecule has 0 saturated heterocycles. The van der Waals surface area contributed by atoms with Crippen LogP contribution in [-0.4, -0.2) is 10.8 Å². The highest BCUT2D eigenvalue weighted by Gasteiger charge is 2.20. The number of amides is 1. The van der Waals surface area contributed by atoms with Gasteiger partial charge in [0.2, 0.25) is 5.91 Å². The van der Waals surface area contributed by atoms with Gasteiger partial charge in [-0.25, -0.2) is 0 Å². The van der Waals surface area contributed by atoms with Crippen molar-refractivity contribution >= 4 is 28.9 Å². The van der Waals surface area contributed by atoms with Crippen LogP contribution in [0.25, 0.3) is 0 Å². The summed E-state index contributed by atoms with van der Waals surface area (Å²) in [6.07, 6.45) is 3.49. The molecule has 5 nitrogen and oxygen atoms in total. The first-order chi connectivity index (χ1) is 9.49. The zero-order chi connectivity index (χ0) is 15.1. The van der Waals surface area contributed by atoms with Crippen molar-refractivity contribution < 1.29 is 9.72 Å². The van der Waals surface area contributed by atoms with Crippen LogP contribution in [0.5, 0.6) is 0 Å². The summed E-state index contributed by atoms with van der Waals surface area (Å²) in [5.74, 6) is -0.295. The number of hydrogen-bond acceptors (Lipinski definition) is 3. The highest BCUT2D eigenvalue weighted by molar-refractivity contribution is 6.31. The van der Waals surface area contributed by atoms with Gasteiger partial charge in [0.25, 0.3) is 5.69 Å². The highest BCUT2D eigenvalue weighted by Crippen LogP contribution is 2.28. The summed E-state index contributed by atoms with van der Waals surface area (Å²) in [5, 5.41) is 13.9. The van der Waals surface area contributed by atoms with E-state index >= 15 is 0 Å². The number of hydrogen-bond donors (Lipinski definition) is 1. The SMILES string of the molecule is CCCCC(CC)C(=O)Nc1ccc(Cl)cc1[N+](=O)[O-]. The number of halogens is 1. The summed E-state index contributed by atoms with van der Waals surface area (Å²) in [6.45, 7) is 4.00. The number of nitro benzene ring substituents is 1. The Balaban J connectivity index is 2.86. The maximum Gasteiger partial charge on any atom is 0.294 e. The molecular weight excluding hydrogens is 280 g/mol. The van der Waals surface area contributed by atoms with Crippen LogP contribution in [0, 0.1) is 16.0 Å². The normalized spacial score (nSPS) is 11.9. The zero-order valence-electron chi connectivity index (χ0n) is 11.7. The zero-order valence-corrected chi connectivity index (χ0v) is 12.4. The second-order valence-corrected chi connectivity index (χ2v) is 5.09. The number of anilines is 1. The predicted octanol–water partition coefficient (Wildman–Crippen LogP) is 4.40. The van der Waals surface area contributed by atoms with Crippen LogP contribution in [0.15, 0.2) is 18.2 Å². The molecule has 0 saturated carbocycles. The molecule has 0 bridgehead atoms. The lowest BCUT2D eigenvalue weighted by atomic mass is 9.98. The lowest BCUT2D eigenvalue weighted by Crippen LogP contribution is -2.22. The third-order valence-corrected chi connectivity index (χ3v) is 3.42. The minimum atomic E-state index is -0.547. The molecule has 0 spiro atoms. The van der Waals surface area contributed by atoms with Gasteiger partial charge in [0.15, 0.2) is 0 Å². The molecule has 1 rings (SSSR count). The summed E-state index contributed by atoms with van der Waals surface area (Å²) in [7, 11) is 0. The Morgan fingerprint density at radius 1 is 1.45 bits per heavy atom. The number of carbonyl (C=O) groups excluding carboxylic acids is 1. The number of rotatable bonds is 7. The number of carbonyl (C=O) groups is 1. The van der Waals surface area contributed by atoms with Gasteiger partial charge < -0.3 is 5.32 Å². The monoisotopic (exact) mass is 298 g/mol. The van der Waals surface area contributed by atoms with E-state index in [9.17, 15) is 14.9 Å². The van der Waals surface area contributed by atoms with Crippen LogP contribution in [0.2, 0.25) is 5.02 Å². The van der Waals surface area contributed by atoms with E-state index in [0.717, 1.165) is 19.3 Å². The van der Waals surface area contributed by atoms with Crippen molar-refractivity contribution in [3.63, 3.8) is 0 Å². The fraction of sp³-hybridized carbons (Fsp3) is 0.500. The molecule has 1 aromatic carbocycles. The van der Waals surface area contributed by atoms with E-state index in [0.29, 0.717) is 6.42 Å². The Kier molecular flexibility index (Phi) is 6.45. The Bertz CT molecular complexity index is 491. The first-order valence-electron chi connectivity index (χ1n) is 6.74. The van der Waals surface area contributed by atoms with Crippen molar-refractivity contribution in [2.75, 3.05) is 5.32 Å².